The third kappa shape index (κ3) is 5.18. The summed E-state index contributed by atoms with van der Waals surface area (Å²) in [6.07, 6.45) is 3.96. The molecule has 188 valence electrons. The van der Waals surface area contributed by atoms with E-state index in [0.29, 0.717) is 44.1 Å². The zero-order chi connectivity index (χ0) is 25.6. The molecule has 0 radical (unpaired) electrons. The highest BCUT2D eigenvalue weighted by Gasteiger charge is 2.47. The molecule has 35 heavy (non-hydrogen) atoms. The number of hydrogen-bond acceptors (Lipinski definition) is 7. The molecule has 0 atom stereocenters. The zero-order valence-electron chi connectivity index (χ0n) is 20.6. The van der Waals surface area contributed by atoms with Gasteiger partial charge in [0, 0.05) is 62.9 Å². The standard InChI is InChI=1S/C24H30F2N6O3/c1-15(33)29-18-12-17-16(13-28-18)24(7-10-31(11-8-24)21(34)35-22(2,3)4)14-32(17)19-6-9-27-20(30-19)23(5,25)26/h6,9,12-13H,7-8,10-11,14H2,1-5H3,(H,28,29,33). The van der Waals surface area contributed by atoms with Gasteiger partial charge in [-0.1, -0.05) is 0 Å². The smallest absolute Gasteiger partial charge is 0.410 e. The lowest BCUT2D eigenvalue weighted by Gasteiger charge is -2.40. The molecule has 2 amide bonds. The Labute approximate surface area is 202 Å². The summed E-state index contributed by atoms with van der Waals surface area (Å²) in [6.45, 7) is 9.08. The fourth-order valence-corrected chi connectivity index (χ4v) is 4.59. The largest absolute Gasteiger partial charge is 0.444 e. The van der Waals surface area contributed by atoms with Gasteiger partial charge in [-0.3, -0.25) is 4.79 Å². The molecule has 4 heterocycles. The number of hydrogen-bond donors (Lipinski definition) is 1. The van der Waals surface area contributed by atoms with Crippen molar-refractivity contribution in [3.05, 3.63) is 35.9 Å². The number of ether oxygens (including phenoxy) is 1. The van der Waals surface area contributed by atoms with Gasteiger partial charge in [0.15, 0.2) is 0 Å². The van der Waals surface area contributed by atoms with Crippen LogP contribution in [0.2, 0.25) is 0 Å². The van der Waals surface area contributed by atoms with E-state index in [1.807, 2.05) is 25.7 Å². The number of alkyl halides is 2. The van der Waals surface area contributed by atoms with Crippen LogP contribution in [-0.2, 0) is 20.9 Å². The van der Waals surface area contributed by atoms with Crippen molar-refractivity contribution < 1.29 is 23.1 Å². The van der Waals surface area contributed by atoms with Crippen LogP contribution in [0.1, 0.15) is 58.8 Å². The first-order chi connectivity index (χ1) is 16.3. The Hall–Kier alpha value is -3.37. The molecule has 2 aromatic rings. The maximum atomic E-state index is 14.0. The molecule has 4 rings (SSSR count). The molecule has 1 fully saturated rings. The van der Waals surface area contributed by atoms with Crippen LogP contribution >= 0.6 is 0 Å². The van der Waals surface area contributed by atoms with Crippen molar-refractivity contribution >= 4 is 29.3 Å². The highest BCUT2D eigenvalue weighted by atomic mass is 19.3. The third-order valence-corrected chi connectivity index (χ3v) is 6.19. The number of nitrogens with zero attached hydrogens (tertiary/aromatic N) is 5. The predicted molar refractivity (Wildman–Crippen MR) is 126 cm³/mol. The van der Waals surface area contributed by atoms with Crippen molar-refractivity contribution in [2.24, 2.45) is 0 Å². The molecule has 1 N–H and O–H groups in total. The first kappa shape index (κ1) is 24.7. The summed E-state index contributed by atoms with van der Waals surface area (Å²) >= 11 is 0. The second-order valence-electron chi connectivity index (χ2n) is 10.2. The van der Waals surface area contributed by atoms with E-state index >= 15 is 0 Å². The summed E-state index contributed by atoms with van der Waals surface area (Å²) in [7, 11) is 0. The van der Waals surface area contributed by atoms with Crippen LogP contribution in [0.25, 0.3) is 0 Å². The monoisotopic (exact) mass is 488 g/mol. The van der Waals surface area contributed by atoms with E-state index < -0.39 is 17.3 Å². The van der Waals surface area contributed by atoms with E-state index in [-0.39, 0.29) is 17.4 Å². The van der Waals surface area contributed by atoms with Gasteiger partial charge in [0.05, 0.1) is 5.69 Å². The van der Waals surface area contributed by atoms with Gasteiger partial charge in [-0.25, -0.2) is 19.7 Å². The van der Waals surface area contributed by atoms with Gasteiger partial charge in [0.25, 0.3) is 0 Å². The van der Waals surface area contributed by atoms with Crippen LogP contribution in [0, 0.1) is 0 Å². The Morgan fingerprint density at radius 3 is 2.43 bits per heavy atom. The molecule has 0 saturated carbocycles. The Morgan fingerprint density at radius 2 is 1.83 bits per heavy atom. The molecule has 1 spiro atoms. The van der Waals surface area contributed by atoms with Gasteiger partial charge >= 0.3 is 12.0 Å². The second kappa shape index (κ2) is 8.69. The van der Waals surface area contributed by atoms with E-state index in [1.165, 1.54) is 13.1 Å². The van der Waals surface area contributed by atoms with E-state index in [9.17, 15) is 18.4 Å². The average Bonchev–Trinajstić information content (AvgIpc) is 3.05. The molecular weight excluding hydrogens is 458 g/mol. The van der Waals surface area contributed by atoms with E-state index in [0.717, 1.165) is 18.2 Å². The minimum Gasteiger partial charge on any atom is -0.444 e. The van der Waals surface area contributed by atoms with Crippen molar-refractivity contribution in [2.75, 3.05) is 29.9 Å². The van der Waals surface area contributed by atoms with Crippen LogP contribution in [0.15, 0.2) is 24.5 Å². The number of likely N-dealkylation sites (tertiary alicyclic amines) is 1. The van der Waals surface area contributed by atoms with Crippen molar-refractivity contribution in [1.29, 1.82) is 0 Å². The first-order valence-electron chi connectivity index (χ1n) is 11.5. The first-order valence-corrected chi connectivity index (χ1v) is 11.5. The Morgan fingerprint density at radius 1 is 1.14 bits per heavy atom. The number of aromatic nitrogens is 3. The topological polar surface area (TPSA) is 101 Å². The predicted octanol–water partition coefficient (Wildman–Crippen LogP) is 4.36. The fourth-order valence-electron chi connectivity index (χ4n) is 4.59. The number of fused-ring (bicyclic) bond motifs is 2. The highest BCUT2D eigenvalue weighted by Crippen LogP contribution is 2.49. The van der Waals surface area contributed by atoms with Crippen molar-refractivity contribution in [2.45, 2.75) is 64.4 Å². The Balaban J connectivity index is 1.67. The lowest BCUT2D eigenvalue weighted by molar-refractivity contribution is -0.114. The van der Waals surface area contributed by atoms with Crippen LogP contribution in [0.3, 0.4) is 0 Å². The Kier molecular flexibility index (Phi) is 6.14. The number of halogens is 2. The summed E-state index contributed by atoms with van der Waals surface area (Å²) in [6, 6.07) is 3.32. The summed E-state index contributed by atoms with van der Waals surface area (Å²) in [5.74, 6) is -3.32. The van der Waals surface area contributed by atoms with Crippen LogP contribution in [0.4, 0.5) is 30.9 Å². The highest BCUT2D eigenvalue weighted by molar-refractivity contribution is 5.88. The molecule has 0 unspecified atom stereocenters. The molecule has 0 bridgehead atoms. The van der Waals surface area contributed by atoms with Crippen molar-refractivity contribution in [1.82, 2.24) is 19.9 Å². The number of anilines is 3. The minimum absolute atomic E-state index is 0.266. The molecule has 1 saturated heterocycles. The molecule has 9 nitrogen and oxygen atoms in total. The van der Waals surface area contributed by atoms with Crippen LogP contribution < -0.4 is 10.2 Å². The summed E-state index contributed by atoms with van der Waals surface area (Å²) in [4.78, 5) is 40.0. The number of piperidine rings is 1. The molecule has 2 aliphatic rings. The number of nitrogens with one attached hydrogen (secondary N) is 1. The Bertz CT molecular complexity index is 1140. The van der Waals surface area contributed by atoms with Crippen molar-refractivity contribution in [3.63, 3.8) is 0 Å². The maximum absolute atomic E-state index is 14.0. The molecule has 2 aromatic heterocycles. The van der Waals surface area contributed by atoms with E-state index in [4.69, 9.17) is 4.74 Å². The summed E-state index contributed by atoms with van der Waals surface area (Å²) < 4.78 is 33.4. The fraction of sp³-hybridized carbons (Fsp3) is 0.542. The lowest BCUT2D eigenvalue weighted by atomic mass is 9.75. The van der Waals surface area contributed by atoms with E-state index in [1.54, 1.807) is 23.2 Å². The van der Waals surface area contributed by atoms with Gasteiger partial charge in [-0.2, -0.15) is 8.78 Å². The van der Waals surface area contributed by atoms with Gasteiger partial charge in [0.2, 0.25) is 11.7 Å². The number of pyridine rings is 1. The molecule has 0 aliphatic carbocycles. The second-order valence-corrected chi connectivity index (χ2v) is 10.2. The van der Waals surface area contributed by atoms with Gasteiger partial charge in [0.1, 0.15) is 17.2 Å². The summed E-state index contributed by atoms with van der Waals surface area (Å²) in [5, 5.41) is 2.68. The van der Waals surface area contributed by atoms with Gasteiger partial charge < -0.3 is 19.9 Å². The van der Waals surface area contributed by atoms with Crippen LogP contribution in [-0.4, -0.2) is 57.1 Å². The minimum atomic E-state index is -3.19. The zero-order valence-corrected chi connectivity index (χ0v) is 20.6. The van der Waals surface area contributed by atoms with Gasteiger partial charge in [-0.15, -0.1) is 0 Å². The molecular formula is C24H30F2N6O3. The normalized spacial score (nSPS) is 17.3. The lowest BCUT2D eigenvalue weighted by Crippen LogP contribution is -2.48. The molecule has 11 heteroatoms. The quantitative estimate of drug-likeness (QED) is 0.685. The number of rotatable bonds is 3. The number of amides is 2. The molecule has 0 aromatic carbocycles. The molecule has 2 aliphatic heterocycles. The number of carbonyl (C=O) groups excluding carboxylic acids is 2. The van der Waals surface area contributed by atoms with Crippen molar-refractivity contribution in [3.8, 4) is 0 Å². The average molecular weight is 489 g/mol. The third-order valence-electron chi connectivity index (χ3n) is 6.19. The SMILES string of the molecule is CC(=O)Nc1cc2c(cn1)C1(CCN(C(=O)OC(C)(C)C)CC1)CN2c1ccnc(C(C)(F)F)n1. The van der Waals surface area contributed by atoms with Gasteiger partial charge in [-0.05, 0) is 39.7 Å². The summed E-state index contributed by atoms with van der Waals surface area (Å²) in [5.41, 5.74) is 0.714. The maximum Gasteiger partial charge on any atom is 0.410 e. The number of carbonyl (C=O) groups is 2. The van der Waals surface area contributed by atoms with E-state index in [2.05, 4.69) is 20.3 Å². The van der Waals surface area contributed by atoms with Crippen LogP contribution in [0.5, 0.6) is 0 Å².